The maximum atomic E-state index is 9.43. The van der Waals surface area contributed by atoms with E-state index in [4.69, 9.17) is 5.53 Å². The summed E-state index contributed by atoms with van der Waals surface area (Å²) in [6.07, 6.45) is 7.44. The van der Waals surface area contributed by atoms with Crippen LogP contribution in [0.2, 0.25) is 0 Å². The standard InChI is InChI=1S/C13H23N5/c1-2-12-5-3-7-13(11-14,8-6-12)16-9-4-10-17-18-15/h12,16H,2-10H2,1H3. The van der Waals surface area contributed by atoms with Gasteiger partial charge in [-0.15, -0.1) is 0 Å². The molecule has 2 atom stereocenters. The Morgan fingerprint density at radius 3 is 3.00 bits per heavy atom. The highest BCUT2D eigenvalue weighted by atomic mass is 15.1. The molecule has 1 aliphatic rings. The van der Waals surface area contributed by atoms with E-state index in [1.165, 1.54) is 12.8 Å². The van der Waals surface area contributed by atoms with E-state index in [1.54, 1.807) is 0 Å². The predicted octanol–water partition coefficient (Wildman–Crippen LogP) is 3.53. The zero-order chi connectivity index (χ0) is 13.3. The van der Waals surface area contributed by atoms with Crippen LogP contribution in [-0.4, -0.2) is 18.6 Å². The van der Waals surface area contributed by atoms with E-state index in [0.29, 0.717) is 6.54 Å². The topological polar surface area (TPSA) is 84.6 Å². The van der Waals surface area contributed by atoms with Crippen LogP contribution in [0.5, 0.6) is 0 Å². The Labute approximate surface area is 109 Å². The lowest BCUT2D eigenvalue weighted by Gasteiger charge is -2.26. The molecule has 5 nitrogen and oxygen atoms in total. The van der Waals surface area contributed by atoms with Crippen molar-refractivity contribution >= 4 is 0 Å². The van der Waals surface area contributed by atoms with E-state index in [9.17, 15) is 5.26 Å². The van der Waals surface area contributed by atoms with Crippen LogP contribution in [0.3, 0.4) is 0 Å². The molecule has 1 saturated carbocycles. The average Bonchev–Trinajstić information content (AvgIpc) is 2.61. The fourth-order valence-corrected chi connectivity index (χ4v) is 2.67. The fourth-order valence-electron chi connectivity index (χ4n) is 2.67. The Morgan fingerprint density at radius 1 is 1.50 bits per heavy atom. The molecule has 18 heavy (non-hydrogen) atoms. The van der Waals surface area contributed by atoms with Gasteiger partial charge in [-0.1, -0.05) is 31.3 Å². The minimum atomic E-state index is -0.347. The fraction of sp³-hybridized carbons (Fsp3) is 0.923. The van der Waals surface area contributed by atoms with Crippen molar-refractivity contribution in [1.82, 2.24) is 5.32 Å². The molecular weight excluding hydrogens is 226 g/mol. The monoisotopic (exact) mass is 249 g/mol. The maximum Gasteiger partial charge on any atom is 0.106 e. The molecule has 0 radical (unpaired) electrons. The molecule has 0 amide bonds. The molecule has 0 aromatic carbocycles. The van der Waals surface area contributed by atoms with Gasteiger partial charge in [0, 0.05) is 11.5 Å². The van der Waals surface area contributed by atoms with Gasteiger partial charge in [-0.3, -0.25) is 5.32 Å². The van der Waals surface area contributed by atoms with E-state index in [-0.39, 0.29) is 5.54 Å². The summed E-state index contributed by atoms with van der Waals surface area (Å²) >= 11 is 0. The highest BCUT2D eigenvalue weighted by Gasteiger charge is 2.32. The second-order valence-electron chi connectivity index (χ2n) is 5.13. The van der Waals surface area contributed by atoms with E-state index in [2.05, 4.69) is 28.3 Å². The van der Waals surface area contributed by atoms with Gasteiger partial charge in [-0.05, 0) is 43.7 Å². The zero-order valence-corrected chi connectivity index (χ0v) is 11.2. The molecule has 100 valence electrons. The quantitative estimate of drug-likeness (QED) is 0.257. The van der Waals surface area contributed by atoms with Crippen molar-refractivity contribution in [3.05, 3.63) is 10.4 Å². The van der Waals surface area contributed by atoms with Crippen LogP contribution in [0.1, 0.15) is 51.9 Å². The normalized spacial score (nSPS) is 27.9. The lowest BCUT2D eigenvalue weighted by Crippen LogP contribution is -2.44. The summed E-state index contributed by atoms with van der Waals surface area (Å²) in [4.78, 5) is 2.73. The van der Waals surface area contributed by atoms with Gasteiger partial charge in [0.25, 0.3) is 0 Å². The smallest absolute Gasteiger partial charge is 0.106 e. The SMILES string of the molecule is CCC1CCCC(C#N)(NCCCN=[N+]=[N-])CC1. The Balaban J connectivity index is 2.42. The van der Waals surface area contributed by atoms with Crippen LogP contribution in [-0.2, 0) is 0 Å². The molecule has 1 rings (SSSR count). The third-order valence-electron chi connectivity index (χ3n) is 3.95. The first-order valence-electron chi connectivity index (χ1n) is 6.93. The largest absolute Gasteiger partial charge is 0.299 e. The second-order valence-corrected chi connectivity index (χ2v) is 5.13. The van der Waals surface area contributed by atoms with Crippen molar-refractivity contribution in [3.8, 4) is 6.07 Å². The molecule has 0 aromatic heterocycles. The number of hydrogen-bond acceptors (Lipinski definition) is 3. The van der Waals surface area contributed by atoms with E-state index in [0.717, 1.165) is 44.6 Å². The van der Waals surface area contributed by atoms with Crippen LogP contribution >= 0.6 is 0 Å². The van der Waals surface area contributed by atoms with Gasteiger partial charge in [0.2, 0.25) is 0 Å². The molecule has 1 fully saturated rings. The maximum absolute atomic E-state index is 9.43. The van der Waals surface area contributed by atoms with E-state index >= 15 is 0 Å². The first-order chi connectivity index (χ1) is 8.76. The van der Waals surface area contributed by atoms with Crippen molar-refractivity contribution < 1.29 is 0 Å². The number of nitrogens with zero attached hydrogens (tertiary/aromatic N) is 4. The molecule has 0 aromatic rings. The zero-order valence-electron chi connectivity index (χ0n) is 11.2. The summed E-state index contributed by atoms with van der Waals surface area (Å²) in [6.45, 7) is 3.49. The van der Waals surface area contributed by atoms with Crippen molar-refractivity contribution in [3.63, 3.8) is 0 Å². The molecule has 0 aliphatic heterocycles. The summed E-state index contributed by atoms with van der Waals surface area (Å²) in [7, 11) is 0. The Bertz CT molecular complexity index is 329. The lowest BCUT2D eigenvalue weighted by molar-refractivity contribution is 0.356. The van der Waals surface area contributed by atoms with Crippen molar-refractivity contribution in [2.45, 2.75) is 57.4 Å². The van der Waals surface area contributed by atoms with E-state index in [1.807, 2.05) is 0 Å². The highest BCUT2D eigenvalue weighted by molar-refractivity contribution is 5.08. The van der Waals surface area contributed by atoms with Crippen LogP contribution < -0.4 is 5.32 Å². The highest BCUT2D eigenvalue weighted by Crippen LogP contribution is 2.31. The van der Waals surface area contributed by atoms with Gasteiger partial charge < -0.3 is 0 Å². The Morgan fingerprint density at radius 2 is 2.33 bits per heavy atom. The number of nitriles is 1. The number of rotatable bonds is 6. The van der Waals surface area contributed by atoms with Crippen molar-refractivity contribution in [2.24, 2.45) is 11.0 Å². The summed E-state index contributed by atoms with van der Waals surface area (Å²) < 4.78 is 0. The second kappa shape index (κ2) is 7.97. The van der Waals surface area contributed by atoms with Gasteiger partial charge >= 0.3 is 0 Å². The molecule has 0 spiro atoms. The molecule has 1 aliphatic carbocycles. The van der Waals surface area contributed by atoms with Crippen LogP contribution in [0, 0.1) is 17.2 Å². The van der Waals surface area contributed by atoms with Gasteiger partial charge in [0.1, 0.15) is 5.54 Å². The van der Waals surface area contributed by atoms with Crippen molar-refractivity contribution in [2.75, 3.05) is 13.1 Å². The minimum absolute atomic E-state index is 0.347. The summed E-state index contributed by atoms with van der Waals surface area (Å²) in [5.41, 5.74) is 7.84. The minimum Gasteiger partial charge on any atom is -0.299 e. The summed E-state index contributed by atoms with van der Waals surface area (Å²) in [6, 6.07) is 2.48. The molecule has 0 heterocycles. The molecule has 2 unspecified atom stereocenters. The van der Waals surface area contributed by atoms with Gasteiger partial charge in [-0.2, -0.15) is 5.26 Å². The van der Waals surface area contributed by atoms with Gasteiger partial charge in [0.05, 0.1) is 6.07 Å². The Hall–Kier alpha value is -1.24. The molecular formula is C13H23N5. The van der Waals surface area contributed by atoms with E-state index < -0.39 is 0 Å². The van der Waals surface area contributed by atoms with Gasteiger partial charge in [0.15, 0.2) is 0 Å². The first-order valence-corrected chi connectivity index (χ1v) is 6.93. The summed E-state index contributed by atoms with van der Waals surface area (Å²) in [5.74, 6) is 0.783. The lowest BCUT2D eigenvalue weighted by atomic mass is 9.90. The third-order valence-corrected chi connectivity index (χ3v) is 3.95. The molecule has 5 heteroatoms. The number of azide groups is 1. The van der Waals surface area contributed by atoms with Crippen molar-refractivity contribution in [1.29, 1.82) is 5.26 Å². The number of nitrogens with one attached hydrogen (secondary N) is 1. The molecule has 1 N–H and O–H groups in total. The first kappa shape index (κ1) is 14.8. The summed E-state index contributed by atoms with van der Waals surface area (Å²) in [5, 5.41) is 16.3. The third kappa shape index (κ3) is 4.56. The van der Waals surface area contributed by atoms with Crippen LogP contribution in [0.25, 0.3) is 10.4 Å². The average molecular weight is 249 g/mol. The molecule has 0 saturated heterocycles. The van der Waals surface area contributed by atoms with Gasteiger partial charge in [-0.25, -0.2) is 0 Å². The Kier molecular flexibility index (Phi) is 6.56. The predicted molar refractivity (Wildman–Crippen MR) is 71.8 cm³/mol. The molecule has 0 bridgehead atoms. The van der Waals surface area contributed by atoms with Crippen LogP contribution in [0.15, 0.2) is 5.11 Å². The number of hydrogen-bond donors (Lipinski definition) is 1. The van der Waals surface area contributed by atoms with Crippen LogP contribution in [0.4, 0.5) is 0 Å².